The van der Waals surface area contributed by atoms with E-state index in [1.165, 1.54) is 5.69 Å². The number of nitriles is 1. The number of benzene rings is 1. The summed E-state index contributed by atoms with van der Waals surface area (Å²) in [5.41, 5.74) is 8.96. The highest BCUT2D eigenvalue weighted by molar-refractivity contribution is 5.53. The molecular weight excluding hydrogens is 222 g/mol. The number of hydrogen-bond donors (Lipinski definition) is 1. The lowest BCUT2D eigenvalue weighted by Crippen LogP contribution is -2.38. The summed E-state index contributed by atoms with van der Waals surface area (Å²) in [6.45, 7) is 1.99. The van der Waals surface area contributed by atoms with Crippen molar-refractivity contribution < 1.29 is 0 Å². The third-order valence-corrected chi connectivity index (χ3v) is 4.03. The van der Waals surface area contributed by atoms with Gasteiger partial charge in [0.1, 0.15) is 0 Å². The number of aryl methyl sites for hydroxylation is 1. The fraction of sp³-hybridized carbons (Fsp3) is 0.533. The molecule has 0 unspecified atom stereocenters. The quantitative estimate of drug-likeness (QED) is 0.868. The van der Waals surface area contributed by atoms with E-state index in [0.717, 1.165) is 36.8 Å². The largest absolute Gasteiger partial charge is 0.372 e. The highest BCUT2D eigenvalue weighted by Crippen LogP contribution is 2.26. The molecule has 1 aliphatic rings. The monoisotopic (exact) mass is 243 g/mol. The number of nitrogens with zero attached hydrogens (tertiary/aromatic N) is 2. The highest BCUT2D eigenvalue weighted by Gasteiger charge is 2.22. The van der Waals surface area contributed by atoms with Crippen LogP contribution in [0.3, 0.4) is 0 Å². The Morgan fingerprint density at radius 3 is 2.50 bits per heavy atom. The summed E-state index contributed by atoms with van der Waals surface area (Å²) in [6.07, 6.45) is 4.56. The summed E-state index contributed by atoms with van der Waals surface area (Å²) in [7, 11) is 2.14. The maximum Gasteiger partial charge on any atom is 0.0994 e. The lowest BCUT2D eigenvalue weighted by atomic mass is 9.90. The van der Waals surface area contributed by atoms with Crippen molar-refractivity contribution in [2.45, 2.75) is 44.7 Å². The topological polar surface area (TPSA) is 53.0 Å². The van der Waals surface area contributed by atoms with Crippen LogP contribution in [0, 0.1) is 18.3 Å². The van der Waals surface area contributed by atoms with E-state index in [1.54, 1.807) is 0 Å². The van der Waals surface area contributed by atoms with E-state index in [4.69, 9.17) is 11.0 Å². The zero-order valence-electron chi connectivity index (χ0n) is 11.2. The van der Waals surface area contributed by atoms with E-state index in [2.05, 4.69) is 24.1 Å². The molecule has 2 rings (SSSR count). The van der Waals surface area contributed by atoms with Gasteiger partial charge >= 0.3 is 0 Å². The average Bonchev–Trinajstić information content (AvgIpc) is 2.38. The molecule has 1 aromatic carbocycles. The first-order valence-corrected chi connectivity index (χ1v) is 6.61. The molecule has 0 radical (unpaired) electrons. The minimum atomic E-state index is 0.386. The average molecular weight is 243 g/mol. The molecular formula is C15H21N3. The van der Waals surface area contributed by atoms with Gasteiger partial charge in [0.15, 0.2) is 0 Å². The second-order valence-corrected chi connectivity index (χ2v) is 5.29. The van der Waals surface area contributed by atoms with E-state index < -0.39 is 0 Å². The van der Waals surface area contributed by atoms with Crippen LogP contribution in [-0.2, 0) is 0 Å². The zero-order chi connectivity index (χ0) is 13.1. The molecule has 3 heteroatoms. The maximum absolute atomic E-state index is 8.95. The van der Waals surface area contributed by atoms with Crippen LogP contribution in [0.2, 0.25) is 0 Å². The van der Waals surface area contributed by atoms with Crippen molar-refractivity contribution in [2.75, 3.05) is 11.9 Å². The van der Waals surface area contributed by atoms with Crippen LogP contribution in [0.1, 0.15) is 36.8 Å². The molecule has 1 fully saturated rings. The van der Waals surface area contributed by atoms with E-state index in [9.17, 15) is 0 Å². The predicted octanol–water partition coefficient (Wildman–Crippen LogP) is 2.57. The number of anilines is 1. The van der Waals surface area contributed by atoms with Crippen molar-refractivity contribution in [1.29, 1.82) is 5.26 Å². The van der Waals surface area contributed by atoms with Crippen LogP contribution in [0.4, 0.5) is 5.69 Å². The Hall–Kier alpha value is -1.53. The lowest BCUT2D eigenvalue weighted by Gasteiger charge is -2.35. The van der Waals surface area contributed by atoms with E-state index in [1.807, 2.05) is 19.1 Å². The van der Waals surface area contributed by atoms with E-state index in [0.29, 0.717) is 12.1 Å². The SMILES string of the molecule is Cc1cc(N(C)C2CCC(N)CC2)ccc1C#N. The Morgan fingerprint density at radius 1 is 1.28 bits per heavy atom. The van der Waals surface area contributed by atoms with Crippen molar-refractivity contribution in [1.82, 2.24) is 0 Å². The van der Waals surface area contributed by atoms with Crippen molar-refractivity contribution in [3.05, 3.63) is 29.3 Å². The molecule has 3 nitrogen and oxygen atoms in total. The Labute approximate surface area is 109 Å². The number of nitrogens with two attached hydrogens (primary N) is 1. The van der Waals surface area contributed by atoms with Crippen LogP contribution in [0.5, 0.6) is 0 Å². The van der Waals surface area contributed by atoms with Gasteiger partial charge in [0, 0.05) is 24.8 Å². The Morgan fingerprint density at radius 2 is 1.94 bits per heavy atom. The maximum atomic E-state index is 8.95. The third kappa shape index (κ3) is 2.65. The summed E-state index contributed by atoms with van der Waals surface area (Å²) >= 11 is 0. The summed E-state index contributed by atoms with van der Waals surface area (Å²) in [5.74, 6) is 0. The first-order valence-electron chi connectivity index (χ1n) is 6.61. The van der Waals surface area contributed by atoms with Gasteiger partial charge in [0.25, 0.3) is 0 Å². The van der Waals surface area contributed by atoms with Gasteiger partial charge < -0.3 is 10.6 Å². The Bertz CT molecular complexity index is 453. The molecule has 0 aliphatic heterocycles. The molecule has 0 bridgehead atoms. The molecule has 0 amide bonds. The van der Waals surface area contributed by atoms with Crippen molar-refractivity contribution >= 4 is 5.69 Å². The van der Waals surface area contributed by atoms with Crippen LogP contribution < -0.4 is 10.6 Å². The Kier molecular flexibility index (Phi) is 3.88. The molecule has 2 N–H and O–H groups in total. The lowest BCUT2D eigenvalue weighted by molar-refractivity contribution is 0.385. The van der Waals surface area contributed by atoms with Crippen molar-refractivity contribution in [3.8, 4) is 6.07 Å². The summed E-state index contributed by atoms with van der Waals surface area (Å²) < 4.78 is 0. The molecule has 96 valence electrons. The molecule has 1 saturated carbocycles. The minimum absolute atomic E-state index is 0.386. The molecule has 18 heavy (non-hydrogen) atoms. The first-order chi connectivity index (χ1) is 8.61. The van der Waals surface area contributed by atoms with Gasteiger partial charge in [-0.05, 0) is 56.4 Å². The van der Waals surface area contributed by atoms with Gasteiger partial charge in [-0.1, -0.05) is 0 Å². The summed E-state index contributed by atoms with van der Waals surface area (Å²) in [4.78, 5) is 2.33. The molecule has 0 atom stereocenters. The van der Waals surface area contributed by atoms with Crippen molar-refractivity contribution in [2.24, 2.45) is 5.73 Å². The molecule has 0 heterocycles. The number of rotatable bonds is 2. The van der Waals surface area contributed by atoms with Gasteiger partial charge in [0.05, 0.1) is 11.6 Å². The van der Waals surface area contributed by atoms with Gasteiger partial charge in [-0.2, -0.15) is 5.26 Å². The van der Waals surface area contributed by atoms with Gasteiger partial charge in [-0.15, -0.1) is 0 Å². The van der Waals surface area contributed by atoms with Crippen LogP contribution >= 0.6 is 0 Å². The second kappa shape index (κ2) is 5.41. The Balaban J connectivity index is 2.11. The summed E-state index contributed by atoms with van der Waals surface area (Å²) in [6, 6.07) is 9.24. The fourth-order valence-corrected chi connectivity index (χ4v) is 2.69. The van der Waals surface area contributed by atoms with Gasteiger partial charge in [-0.25, -0.2) is 0 Å². The smallest absolute Gasteiger partial charge is 0.0994 e. The highest BCUT2D eigenvalue weighted by atomic mass is 15.1. The van der Waals surface area contributed by atoms with Gasteiger partial charge in [0.2, 0.25) is 0 Å². The standard InChI is InChI=1S/C15H21N3/c1-11-9-15(6-3-12(11)10-16)18(2)14-7-4-13(17)5-8-14/h3,6,9,13-14H,4-5,7-8,17H2,1-2H3. The predicted molar refractivity (Wildman–Crippen MR) is 74.5 cm³/mol. The first kappa shape index (κ1) is 12.9. The molecule has 1 aromatic rings. The molecule has 0 saturated heterocycles. The fourth-order valence-electron chi connectivity index (χ4n) is 2.69. The normalized spacial score (nSPS) is 23.4. The summed E-state index contributed by atoms with van der Waals surface area (Å²) in [5, 5.41) is 8.95. The second-order valence-electron chi connectivity index (χ2n) is 5.29. The van der Waals surface area contributed by atoms with Crippen molar-refractivity contribution in [3.63, 3.8) is 0 Å². The number of hydrogen-bond acceptors (Lipinski definition) is 3. The molecule has 0 spiro atoms. The molecule has 0 aromatic heterocycles. The van der Waals surface area contributed by atoms with Crippen LogP contribution in [0.15, 0.2) is 18.2 Å². The molecule has 1 aliphatic carbocycles. The van der Waals surface area contributed by atoms with E-state index >= 15 is 0 Å². The minimum Gasteiger partial charge on any atom is -0.372 e. The third-order valence-electron chi connectivity index (χ3n) is 4.03. The zero-order valence-corrected chi connectivity index (χ0v) is 11.2. The van der Waals surface area contributed by atoms with Crippen LogP contribution in [-0.4, -0.2) is 19.1 Å². The van der Waals surface area contributed by atoms with Crippen LogP contribution in [0.25, 0.3) is 0 Å². The van der Waals surface area contributed by atoms with Gasteiger partial charge in [-0.3, -0.25) is 0 Å². The van der Waals surface area contributed by atoms with E-state index in [-0.39, 0.29) is 0 Å².